The summed E-state index contributed by atoms with van der Waals surface area (Å²) >= 11 is 1.73. The van der Waals surface area contributed by atoms with Crippen LogP contribution in [0.15, 0.2) is 29.2 Å². The lowest BCUT2D eigenvalue weighted by Gasteiger charge is -2.23. The monoisotopic (exact) mass is 237 g/mol. The van der Waals surface area contributed by atoms with Crippen LogP contribution in [0.3, 0.4) is 0 Å². The van der Waals surface area contributed by atoms with Gasteiger partial charge in [-0.05, 0) is 31.2 Å². The van der Waals surface area contributed by atoms with Gasteiger partial charge in [-0.2, -0.15) is 0 Å². The summed E-state index contributed by atoms with van der Waals surface area (Å²) in [5, 5.41) is 13.6. The maximum Gasteiger partial charge on any atom is 0.0819 e. The summed E-state index contributed by atoms with van der Waals surface area (Å²) in [5.74, 6) is 0. The lowest BCUT2D eigenvalue weighted by molar-refractivity contribution is 0.0614. The third-order valence-electron chi connectivity index (χ3n) is 3.25. The molecule has 1 aromatic carbocycles. The van der Waals surface area contributed by atoms with Crippen LogP contribution in [0.5, 0.6) is 0 Å². The quantitative estimate of drug-likeness (QED) is 0.789. The van der Waals surface area contributed by atoms with Gasteiger partial charge in [-0.15, -0.1) is 11.8 Å². The molecular weight excluding hydrogens is 218 g/mol. The van der Waals surface area contributed by atoms with E-state index in [4.69, 9.17) is 0 Å². The zero-order valence-electron chi connectivity index (χ0n) is 9.70. The normalized spacial score (nSPS) is 18.6. The van der Waals surface area contributed by atoms with Gasteiger partial charge in [-0.3, -0.25) is 0 Å². The molecule has 1 fully saturated rings. The highest BCUT2D eigenvalue weighted by Crippen LogP contribution is 2.31. The van der Waals surface area contributed by atoms with Crippen molar-refractivity contribution in [3.05, 3.63) is 24.3 Å². The summed E-state index contributed by atoms with van der Waals surface area (Å²) in [5.41, 5.74) is 0.654. The van der Waals surface area contributed by atoms with Crippen molar-refractivity contribution < 1.29 is 5.11 Å². The largest absolute Gasteiger partial charge is 0.388 e. The fourth-order valence-corrected chi connectivity index (χ4v) is 2.84. The van der Waals surface area contributed by atoms with Crippen LogP contribution >= 0.6 is 11.8 Å². The number of hydrogen-bond donors (Lipinski definition) is 2. The van der Waals surface area contributed by atoms with Gasteiger partial charge in [0.25, 0.3) is 0 Å². The Kier molecular flexibility index (Phi) is 3.77. The number of para-hydroxylation sites is 1. The Balaban J connectivity index is 1.98. The molecule has 1 aliphatic carbocycles. The van der Waals surface area contributed by atoms with Gasteiger partial charge < -0.3 is 10.4 Å². The Morgan fingerprint density at radius 1 is 1.31 bits per heavy atom. The molecule has 2 N–H and O–H groups in total. The fourth-order valence-electron chi connectivity index (χ4n) is 2.26. The number of nitrogens with one attached hydrogen (secondary N) is 1. The predicted molar refractivity (Wildman–Crippen MR) is 70.1 cm³/mol. The van der Waals surface area contributed by atoms with E-state index in [0.717, 1.165) is 31.4 Å². The molecule has 1 aliphatic rings. The van der Waals surface area contributed by atoms with Crippen molar-refractivity contribution in [2.45, 2.75) is 36.2 Å². The van der Waals surface area contributed by atoms with E-state index in [9.17, 15) is 5.11 Å². The number of benzene rings is 1. The Labute approximate surface area is 101 Å². The van der Waals surface area contributed by atoms with E-state index in [2.05, 4.69) is 23.7 Å². The molecule has 0 radical (unpaired) electrons. The molecule has 0 atom stereocenters. The molecule has 1 aromatic rings. The minimum absolute atomic E-state index is 0.481. The number of rotatable bonds is 4. The highest BCUT2D eigenvalue weighted by Gasteiger charge is 2.30. The zero-order chi connectivity index (χ0) is 11.4. The van der Waals surface area contributed by atoms with Gasteiger partial charge in [0.2, 0.25) is 0 Å². The fraction of sp³-hybridized carbons (Fsp3) is 0.538. The zero-order valence-corrected chi connectivity index (χ0v) is 10.5. The van der Waals surface area contributed by atoms with E-state index in [1.807, 2.05) is 12.1 Å². The maximum absolute atomic E-state index is 10.2. The molecule has 0 aromatic heterocycles. The molecule has 2 rings (SSSR count). The van der Waals surface area contributed by atoms with Crippen molar-refractivity contribution in [2.24, 2.45) is 0 Å². The summed E-state index contributed by atoms with van der Waals surface area (Å²) in [6.07, 6.45) is 6.25. The molecule has 0 amide bonds. The van der Waals surface area contributed by atoms with E-state index >= 15 is 0 Å². The first kappa shape index (κ1) is 11.8. The van der Waals surface area contributed by atoms with E-state index in [-0.39, 0.29) is 0 Å². The Bertz CT molecular complexity index is 348. The second-order valence-electron chi connectivity index (χ2n) is 4.49. The third kappa shape index (κ3) is 2.71. The highest BCUT2D eigenvalue weighted by molar-refractivity contribution is 7.98. The predicted octanol–water partition coefficient (Wildman–Crippen LogP) is 3.13. The van der Waals surface area contributed by atoms with E-state index in [1.54, 1.807) is 11.8 Å². The van der Waals surface area contributed by atoms with Crippen LogP contribution in [-0.2, 0) is 0 Å². The van der Waals surface area contributed by atoms with Gasteiger partial charge in [-0.1, -0.05) is 25.0 Å². The van der Waals surface area contributed by atoms with Crippen molar-refractivity contribution in [3.8, 4) is 0 Å². The molecule has 0 spiro atoms. The Morgan fingerprint density at radius 2 is 2.00 bits per heavy atom. The molecule has 0 saturated heterocycles. The van der Waals surface area contributed by atoms with Crippen LogP contribution in [0.1, 0.15) is 25.7 Å². The second-order valence-corrected chi connectivity index (χ2v) is 5.33. The summed E-state index contributed by atoms with van der Waals surface area (Å²) in [7, 11) is 0. The first-order valence-electron chi connectivity index (χ1n) is 5.83. The lowest BCUT2D eigenvalue weighted by Crippen LogP contribution is -2.33. The smallest absolute Gasteiger partial charge is 0.0819 e. The van der Waals surface area contributed by atoms with E-state index in [0.29, 0.717) is 6.54 Å². The Hall–Kier alpha value is -0.670. The van der Waals surface area contributed by atoms with Crippen LogP contribution in [0.2, 0.25) is 0 Å². The molecule has 3 heteroatoms. The first-order chi connectivity index (χ1) is 7.73. The summed E-state index contributed by atoms with van der Waals surface area (Å²) in [6.45, 7) is 0.671. The minimum Gasteiger partial charge on any atom is -0.388 e. The molecule has 0 unspecified atom stereocenters. The van der Waals surface area contributed by atoms with Gasteiger partial charge >= 0.3 is 0 Å². The average molecular weight is 237 g/mol. The van der Waals surface area contributed by atoms with Crippen molar-refractivity contribution in [3.63, 3.8) is 0 Å². The topological polar surface area (TPSA) is 32.3 Å². The molecule has 0 bridgehead atoms. The van der Waals surface area contributed by atoms with Crippen LogP contribution in [0, 0.1) is 0 Å². The first-order valence-corrected chi connectivity index (χ1v) is 7.05. The summed E-state index contributed by atoms with van der Waals surface area (Å²) in [6, 6.07) is 8.25. The van der Waals surface area contributed by atoms with Crippen molar-refractivity contribution in [2.75, 3.05) is 18.1 Å². The molecule has 16 heavy (non-hydrogen) atoms. The van der Waals surface area contributed by atoms with Gasteiger partial charge in [-0.25, -0.2) is 0 Å². The lowest BCUT2D eigenvalue weighted by atomic mass is 10.0. The third-order valence-corrected chi connectivity index (χ3v) is 4.04. The molecule has 2 nitrogen and oxygen atoms in total. The van der Waals surface area contributed by atoms with Gasteiger partial charge in [0, 0.05) is 17.1 Å². The van der Waals surface area contributed by atoms with Crippen LogP contribution in [-0.4, -0.2) is 23.5 Å². The molecule has 0 heterocycles. The molecule has 0 aliphatic heterocycles. The highest BCUT2D eigenvalue weighted by atomic mass is 32.2. The van der Waals surface area contributed by atoms with Gasteiger partial charge in [0.1, 0.15) is 0 Å². The standard InChI is InChI=1S/C13H19NOS/c1-16-12-7-3-2-6-11(12)14-10-13(15)8-4-5-9-13/h2-3,6-7,14-15H,4-5,8-10H2,1H3. The molecule has 88 valence electrons. The van der Waals surface area contributed by atoms with Gasteiger partial charge in [0.05, 0.1) is 5.60 Å². The Morgan fingerprint density at radius 3 is 2.69 bits per heavy atom. The van der Waals surface area contributed by atoms with Crippen molar-refractivity contribution >= 4 is 17.4 Å². The SMILES string of the molecule is CSc1ccccc1NCC1(O)CCCC1. The minimum atomic E-state index is -0.481. The summed E-state index contributed by atoms with van der Waals surface area (Å²) in [4.78, 5) is 1.24. The van der Waals surface area contributed by atoms with E-state index in [1.165, 1.54) is 4.90 Å². The molecule has 1 saturated carbocycles. The molecular formula is C13H19NOS. The number of aliphatic hydroxyl groups is 1. The van der Waals surface area contributed by atoms with Crippen molar-refractivity contribution in [1.82, 2.24) is 0 Å². The van der Waals surface area contributed by atoms with Crippen LogP contribution in [0.25, 0.3) is 0 Å². The van der Waals surface area contributed by atoms with Gasteiger partial charge in [0.15, 0.2) is 0 Å². The van der Waals surface area contributed by atoms with E-state index < -0.39 is 5.60 Å². The average Bonchev–Trinajstić information content (AvgIpc) is 2.74. The number of thioether (sulfide) groups is 1. The second kappa shape index (κ2) is 5.11. The van der Waals surface area contributed by atoms with Crippen molar-refractivity contribution in [1.29, 1.82) is 0 Å². The number of hydrogen-bond acceptors (Lipinski definition) is 3. The number of anilines is 1. The van der Waals surface area contributed by atoms with Crippen LogP contribution in [0.4, 0.5) is 5.69 Å². The van der Waals surface area contributed by atoms with Crippen LogP contribution < -0.4 is 5.32 Å². The summed E-state index contributed by atoms with van der Waals surface area (Å²) < 4.78 is 0. The maximum atomic E-state index is 10.2.